The van der Waals surface area contributed by atoms with Crippen molar-refractivity contribution in [2.45, 2.75) is 73.0 Å². The smallest absolute Gasteiger partial charge is 0.230 e. The van der Waals surface area contributed by atoms with Crippen molar-refractivity contribution in [3.05, 3.63) is 0 Å². The van der Waals surface area contributed by atoms with Crippen molar-refractivity contribution < 1.29 is 14.3 Å². The lowest BCUT2D eigenvalue weighted by Gasteiger charge is -2.31. The summed E-state index contributed by atoms with van der Waals surface area (Å²) in [5, 5.41) is 0. The summed E-state index contributed by atoms with van der Waals surface area (Å²) in [4.78, 5) is 24.3. The van der Waals surface area contributed by atoms with E-state index in [1.54, 1.807) is 27.7 Å². The lowest BCUT2D eigenvalue weighted by Crippen LogP contribution is -2.47. The predicted octanol–water partition coefficient (Wildman–Crippen LogP) is 3.15. The topological polar surface area (TPSA) is 43.4 Å². The molecule has 1 atom stereocenters. The average Bonchev–Trinajstić information content (AvgIpc) is 2.13. The van der Waals surface area contributed by atoms with Crippen molar-refractivity contribution in [3.63, 3.8) is 0 Å². The van der Waals surface area contributed by atoms with Gasteiger partial charge in [0.25, 0.3) is 0 Å². The van der Waals surface area contributed by atoms with E-state index in [2.05, 4.69) is 0 Å². The highest BCUT2D eigenvalue weighted by atomic mass is 16.5. The Bertz CT molecular complexity index is 286. The van der Waals surface area contributed by atoms with Crippen molar-refractivity contribution in [2.24, 2.45) is 5.41 Å². The molecule has 0 saturated carbocycles. The number of hydrogen-bond acceptors (Lipinski definition) is 3. The van der Waals surface area contributed by atoms with Crippen LogP contribution >= 0.6 is 0 Å². The number of ether oxygens (including phenoxy) is 1. The van der Waals surface area contributed by atoms with Gasteiger partial charge in [0.05, 0.1) is 6.10 Å². The third kappa shape index (κ3) is 4.58. The lowest BCUT2D eigenvalue weighted by molar-refractivity contribution is -0.160. The van der Waals surface area contributed by atoms with E-state index in [0.717, 1.165) is 6.42 Å². The molecule has 0 amide bonds. The van der Waals surface area contributed by atoms with Crippen LogP contribution in [0.1, 0.15) is 61.3 Å². The second kappa shape index (κ2) is 5.76. The Morgan fingerprint density at radius 1 is 1.06 bits per heavy atom. The molecule has 0 saturated heterocycles. The van der Waals surface area contributed by atoms with Crippen LogP contribution in [0.4, 0.5) is 0 Å². The molecule has 0 rings (SSSR count). The second-order valence-corrected chi connectivity index (χ2v) is 6.06. The molecule has 0 aliphatic heterocycles. The summed E-state index contributed by atoms with van der Waals surface area (Å²) >= 11 is 0. The number of rotatable bonds is 6. The van der Waals surface area contributed by atoms with E-state index < -0.39 is 16.8 Å². The van der Waals surface area contributed by atoms with Crippen LogP contribution in [0.15, 0.2) is 0 Å². The molecule has 0 spiro atoms. The third-order valence-electron chi connectivity index (χ3n) is 2.59. The van der Waals surface area contributed by atoms with Crippen LogP contribution in [0.3, 0.4) is 0 Å². The summed E-state index contributed by atoms with van der Waals surface area (Å²) in [6.45, 7) is 12.7. The minimum absolute atomic E-state index is 0.0664. The van der Waals surface area contributed by atoms with Gasteiger partial charge in [0.2, 0.25) is 11.6 Å². The molecule has 0 radical (unpaired) electrons. The van der Waals surface area contributed by atoms with Crippen molar-refractivity contribution in [2.75, 3.05) is 0 Å². The highest BCUT2D eigenvalue weighted by Crippen LogP contribution is 2.26. The van der Waals surface area contributed by atoms with Crippen LogP contribution in [-0.2, 0) is 14.3 Å². The minimum Gasteiger partial charge on any atom is -0.364 e. The van der Waals surface area contributed by atoms with E-state index in [4.69, 9.17) is 4.74 Å². The minimum atomic E-state index is -0.979. The fourth-order valence-corrected chi connectivity index (χ4v) is 1.80. The maximum atomic E-state index is 12.3. The number of hydrogen-bond donors (Lipinski definition) is 0. The van der Waals surface area contributed by atoms with Gasteiger partial charge in [-0.2, -0.15) is 0 Å². The molecule has 0 aromatic rings. The molecule has 0 aliphatic rings. The Labute approximate surface area is 105 Å². The van der Waals surface area contributed by atoms with E-state index in [0.29, 0.717) is 6.42 Å². The van der Waals surface area contributed by atoms with Crippen LogP contribution in [-0.4, -0.2) is 23.3 Å². The third-order valence-corrected chi connectivity index (χ3v) is 2.59. The zero-order chi connectivity index (χ0) is 13.9. The number of carbonyl (C=O) groups excluding carboxylic acids is 2. The number of Topliss-reactive ketones (excluding diaryl/α,β-unsaturated/α-hetero) is 2. The van der Waals surface area contributed by atoms with Crippen molar-refractivity contribution in [3.8, 4) is 0 Å². The van der Waals surface area contributed by atoms with Crippen LogP contribution < -0.4 is 0 Å². The van der Waals surface area contributed by atoms with E-state index in [1.165, 1.54) is 0 Å². The molecule has 3 nitrogen and oxygen atoms in total. The summed E-state index contributed by atoms with van der Waals surface area (Å²) < 4.78 is 5.69. The molecule has 0 heterocycles. The summed E-state index contributed by atoms with van der Waals surface area (Å²) in [5.41, 5.74) is -1.63. The molecule has 0 aliphatic carbocycles. The molecule has 0 aromatic carbocycles. The van der Waals surface area contributed by atoms with Gasteiger partial charge >= 0.3 is 0 Å². The van der Waals surface area contributed by atoms with Gasteiger partial charge in [-0.1, -0.05) is 34.1 Å². The van der Waals surface area contributed by atoms with Gasteiger partial charge < -0.3 is 4.74 Å². The number of ketones is 2. The standard InChI is InChI=1S/C14H26O3/c1-8-9-14(7,17-10(2)3)12(16)11(15)13(4,5)6/h10H,8-9H2,1-7H3. The van der Waals surface area contributed by atoms with E-state index in [1.807, 2.05) is 20.8 Å². The monoisotopic (exact) mass is 242 g/mol. The van der Waals surface area contributed by atoms with E-state index in [9.17, 15) is 9.59 Å². The zero-order valence-corrected chi connectivity index (χ0v) is 12.2. The van der Waals surface area contributed by atoms with Gasteiger partial charge in [0, 0.05) is 5.41 Å². The molecular weight excluding hydrogens is 216 g/mol. The van der Waals surface area contributed by atoms with Crippen molar-refractivity contribution >= 4 is 11.6 Å². The van der Waals surface area contributed by atoms with Gasteiger partial charge in [-0.15, -0.1) is 0 Å². The molecule has 3 heteroatoms. The van der Waals surface area contributed by atoms with Gasteiger partial charge in [-0.25, -0.2) is 0 Å². The largest absolute Gasteiger partial charge is 0.364 e. The average molecular weight is 242 g/mol. The summed E-state index contributed by atoms with van der Waals surface area (Å²) in [7, 11) is 0. The first-order valence-corrected chi connectivity index (χ1v) is 6.31. The molecule has 17 heavy (non-hydrogen) atoms. The molecule has 100 valence electrons. The zero-order valence-electron chi connectivity index (χ0n) is 12.2. The number of carbonyl (C=O) groups is 2. The molecular formula is C14H26O3. The fourth-order valence-electron chi connectivity index (χ4n) is 1.80. The Balaban J connectivity index is 5.07. The molecule has 1 unspecified atom stereocenters. The molecule has 0 fully saturated rings. The first-order valence-electron chi connectivity index (χ1n) is 6.31. The fraction of sp³-hybridized carbons (Fsp3) is 0.857. The van der Waals surface area contributed by atoms with Gasteiger partial charge in [-0.05, 0) is 27.2 Å². The second-order valence-electron chi connectivity index (χ2n) is 6.06. The normalized spacial score (nSPS) is 15.8. The maximum absolute atomic E-state index is 12.3. The van der Waals surface area contributed by atoms with E-state index in [-0.39, 0.29) is 11.9 Å². The van der Waals surface area contributed by atoms with Crippen LogP contribution in [0, 0.1) is 5.41 Å². The first kappa shape index (κ1) is 16.3. The van der Waals surface area contributed by atoms with Crippen molar-refractivity contribution in [1.82, 2.24) is 0 Å². The Morgan fingerprint density at radius 2 is 1.53 bits per heavy atom. The summed E-state index contributed by atoms with van der Waals surface area (Å²) in [6.07, 6.45) is 1.32. The van der Waals surface area contributed by atoms with Gasteiger partial charge in [-0.3, -0.25) is 9.59 Å². The quantitative estimate of drug-likeness (QED) is 0.672. The van der Waals surface area contributed by atoms with E-state index >= 15 is 0 Å². The lowest BCUT2D eigenvalue weighted by atomic mass is 9.81. The Morgan fingerprint density at radius 3 is 1.82 bits per heavy atom. The maximum Gasteiger partial charge on any atom is 0.230 e. The summed E-state index contributed by atoms with van der Waals surface area (Å²) in [6, 6.07) is 0. The van der Waals surface area contributed by atoms with Crippen LogP contribution in [0.5, 0.6) is 0 Å². The Kier molecular flexibility index (Phi) is 5.53. The SMILES string of the molecule is CCCC(C)(OC(C)C)C(=O)C(=O)C(C)(C)C. The molecule has 0 bridgehead atoms. The highest BCUT2D eigenvalue weighted by molar-refractivity contribution is 6.41. The van der Waals surface area contributed by atoms with Crippen LogP contribution in [0.25, 0.3) is 0 Å². The van der Waals surface area contributed by atoms with Gasteiger partial charge in [0.1, 0.15) is 5.60 Å². The Hall–Kier alpha value is -0.700. The molecule has 0 aromatic heterocycles. The van der Waals surface area contributed by atoms with Crippen LogP contribution in [0.2, 0.25) is 0 Å². The molecule has 0 N–H and O–H groups in total. The van der Waals surface area contributed by atoms with Crippen molar-refractivity contribution in [1.29, 1.82) is 0 Å². The summed E-state index contributed by atoms with van der Waals surface area (Å²) in [5.74, 6) is -0.755. The van der Waals surface area contributed by atoms with Gasteiger partial charge in [0.15, 0.2) is 0 Å². The first-order chi connectivity index (χ1) is 7.54. The highest BCUT2D eigenvalue weighted by Gasteiger charge is 2.42. The predicted molar refractivity (Wildman–Crippen MR) is 69.0 cm³/mol.